The van der Waals surface area contributed by atoms with Gasteiger partial charge in [-0.25, -0.2) is 0 Å². The number of rotatable bonds is 7. The number of hydrogen-bond acceptors (Lipinski definition) is 6. The van der Waals surface area contributed by atoms with Crippen molar-refractivity contribution >= 4 is 23.3 Å². The molecule has 0 radical (unpaired) electrons. The molecule has 0 saturated carbocycles. The maximum atomic E-state index is 11.6. The summed E-state index contributed by atoms with van der Waals surface area (Å²) < 4.78 is 4.93. The van der Waals surface area contributed by atoms with Crippen molar-refractivity contribution in [2.75, 3.05) is 13.1 Å². The first-order valence-electron chi connectivity index (χ1n) is 6.64. The van der Waals surface area contributed by atoms with E-state index in [-0.39, 0.29) is 30.5 Å². The molecule has 1 aromatic rings. The number of carbonyl (C=O) groups is 3. The summed E-state index contributed by atoms with van der Waals surface area (Å²) in [6.45, 7) is 0.417. The lowest BCUT2D eigenvalue weighted by atomic mass is 10.1. The van der Waals surface area contributed by atoms with Crippen LogP contribution >= 0.6 is 0 Å². The zero-order chi connectivity index (χ0) is 16.1. The smallest absolute Gasteiger partial charge is 0.313 e. The largest absolute Gasteiger partial charge is 0.460 e. The fraction of sp³-hybridized carbons (Fsp3) is 0.357. The number of likely N-dealkylation sites (tertiary alicyclic amines) is 1. The lowest BCUT2D eigenvalue weighted by Crippen LogP contribution is -2.46. The first-order valence-corrected chi connectivity index (χ1v) is 6.64. The van der Waals surface area contributed by atoms with Gasteiger partial charge in [-0.15, -0.1) is 0 Å². The second kappa shape index (κ2) is 6.79. The molecule has 0 aromatic heterocycles. The summed E-state index contributed by atoms with van der Waals surface area (Å²) in [4.78, 5) is 45.5. The zero-order valence-electron chi connectivity index (χ0n) is 11.7. The molecule has 22 heavy (non-hydrogen) atoms. The number of amides is 1. The van der Waals surface area contributed by atoms with E-state index in [1.807, 2.05) is 0 Å². The van der Waals surface area contributed by atoms with Crippen molar-refractivity contribution < 1.29 is 24.0 Å². The Morgan fingerprint density at radius 2 is 1.95 bits per heavy atom. The number of nitro benzene ring substituents is 1. The van der Waals surface area contributed by atoms with Crippen LogP contribution in [-0.4, -0.2) is 40.6 Å². The van der Waals surface area contributed by atoms with E-state index in [0.717, 1.165) is 0 Å². The van der Waals surface area contributed by atoms with E-state index < -0.39 is 17.3 Å². The molecule has 0 atom stereocenters. The van der Waals surface area contributed by atoms with Crippen molar-refractivity contribution in [2.45, 2.75) is 19.4 Å². The molecule has 1 aliphatic heterocycles. The molecule has 1 saturated heterocycles. The number of hydrogen-bond donors (Lipinski definition) is 0. The van der Waals surface area contributed by atoms with Crippen LogP contribution in [0.15, 0.2) is 24.3 Å². The molecule has 1 fully saturated rings. The molecule has 8 heteroatoms. The average Bonchev–Trinajstić information content (AvgIpc) is 2.49. The number of ketones is 1. The van der Waals surface area contributed by atoms with E-state index in [9.17, 15) is 24.5 Å². The molecular formula is C14H14N2O6. The predicted octanol–water partition coefficient (Wildman–Crippen LogP) is 0.829. The SMILES string of the molecule is O=C(CC(=O)OCc1ccc([N+](=O)[O-])cc1)CN1CCC1=O. The first-order chi connectivity index (χ1) is 10.5. The van der Waals surface area contributed by atoms with Gasteiger partial charge in [-0.1, -0.05) is 0 Å². The van der Waals surface area contributed by atoms with Gasteiger partial charge in [0.05, 0.1) is 11.5 Å². The minimum atomic E-state index is -0.684. The zero-order valence-corrected chi connectivity index (χ0v) is 11.7. The molecule has 1 amide bonds. The molecule has 1 aromatic carbocycles. The third-order valence-electron chi connectivity index (χ3n) is 3.20. The Morgan fingerprint density at radius 3 is 2.45 bits per heavy atom. The lowest BCUT2D eigenvalue weighted by molar-refractivity contribution is -0.384. The number of benzene rings is 1. The van der Waals surface area contributed by atoms with Crippen LogP contribution < -0.4 is 0 Å². The lowest BCUT2D eigenvalue weighted by Gasteiger charge is -2.29. The van der Waals surface area contributed by atoms with Crippen molar-refractivity contribution in [2.24, 2.45) is 0 Å². The summed E-state index contributed by atoms with van der Waals surface area (Å²) in [6.07, 6.45) is 0.0502. The second-order valence-electron chi connectivity index (χ2n) is 4.86. The Bertz CT molecular complexity index is 610. The topological polar surface area (TPSA) is 107 Å². The molecule has 0 spiro atoms. The minimum absolute atomic E-state index is 0.0514. The highest BCUT2D eigenvalue weighted by Gasteiger charge is 2.26. The number of nitro groups is 1. The van der Waals surface area contributed by atoms with E-state index >= 15 is 0 Å². The fourth-order valence-electron chi connectivity index (χ4n) is 1.89. The van der Waals surface area contributed by atoms with Gasteiger partial charge in [0.25, 0.3) is 5.69 Å². The summed E-state index contributed by atoms with van der Waals surface area (Å²) in [5.74, 6) is -1.15. The summed E-state index contributed by atoms with van der Waals surface area (Å²) in [6, 6.07) is 5.57. The van der Waals surface area contributed by atoms with Crippen LogP contribution in [0.3, 0.4) is 0 Å². The molecule has 0 bridgehead atoms. The number of esters is 1. The van der Waals surface area contributed by atoms with Gasteiger partial charge < -0.3 is 9.64 Å². The van der Waals surface area contributed by atoms with Crippen LogP contribution in [0, 0.1) is 10.1 Å². The van der Waals surface area contributed by atoms with Gasteiger partial charge in [0.15, 0.2) is 5.78 Å². The Balaban J connectivity index is 1.73. The van der Waals surface area contributed by atoms with Gasteiger partial charge in [0.2, 0.25) is 5.91 Å². The first kappa shape index (κ1) is 15.6. The number of nitrogens with zero attached hydrogens (tertiary/aromatic N) is 2. The number of non-ortho nitro benzene ring substituents is 1. The summed E-state index contributed by atoms with van der Waals surface area (Å²) in [5.41, 5.74) is 0.536. The summed E-state index contributed by atoms with van der Waals surface area (Å²) in [7, 11) is 0. The number of β-lactam (4-membered cyclic amide) rings is 1. The highest BCUT2D eigenvalue weighted by atomic mass is 16.6. The molecule has 0 aliphatic carbocycles. The maximum absolute atomic E-state index is 11.6. The van der Waals surface area contributed by atoms with Crippen molar-refractivity contribution in [1.29, 1.82) is 0 Å². The van der Waals surface area contributed by atoms with Crippen molar-refractivity contribution in [3.63, 3.8) is 0 Å². The van der Waals surface area contributed by atoms with E-state index in [1.165, 1.54) is 29.2 Å². The van der Waals surface area contributed by atoms with Gasteiger partial charge >= 0.3 is 5.97 Å². The van der Waals surface area contributed by atoms with Crippen LogP contribution in [0.5, 0.6) is 0 Å². The van der Waals surface area contributed by atoms with Crippen LogP contribution in [0.1, 0.15) is 18.4 Å². The van der Waals surface area contributed by atoms with Crippen molar-refractivity contribution in [1.82, 2.24) is 4.90 Å². The highest BCUT2D eigenvalue weighted by molar-refractivity contribution is 5.98. The van der Waals surface area contributed by atoms with Crippen LogP contribution in [0.4, 0.5) is 5.69 Å². The molecule has 116 valence electrons. The number of ether oxygens (including phenoxy) is 1. The van der Waals surface area contributed by atoms with Gasteiger partial charge in [0.1, 0.15) is 13.0 Å². The van der Waals surface area contributed by atoms with Crippen LogP contribution in [-0.2, 0) is 25.7 Å². The molecule has 1 aliphatic rings. The molecule has 1 heterocycles. The van der Waals surface area contributed by atoms with E-state index in [1.54, 1.807) is 0 Å². The molecular weight excluding hydrogens is 292 g/mol. The van der Waals surface area contributed by atoms with Crippen LogP contribution in [0.25, 0.3) is 0 Å². The Kier molecular flexibility index (Phi) is 4.82. The van der Waals surface area contributed by atoms with Crippen LogP contribution in [0.2, 0.25) is 0 Å². The fourth-order valence-corrected chi connectivity index (χ4v) is 1.89. The molecule has 8 nitrogen and oxygen atoms in total. The molecule has 2 rings (SSSR count). The van der Waals surface area contributed by atoms with E-state index in [2.05, 4.69) is 0 Å². The third-order valence-corrected chi connectivity index (χ3v) is 3.20. The van der Waals surface area contributed by atoms with Gasteiger partial charge in [-0.05, 0) is 17.7 Å². The third kappa shape index (κ3) is 4.11. The predicted molar refractivity (Wildman–Crippen MR) is 73.7 cm³/mol. The minimum Gasteiger partial charge on any atom is -0.460 e. The van der Waals surface area contributed by atoms with Crippen molar-refractivity contribution in [3.05, 3.63) is 39.9 Å². The molecule has 0 N–H and O–H groups in total. The number of Topliss-reactive ketones (excluding diaryl/α,β-unsaturated/α-hetero) is 1. The standard InChI is InChI=1S/C14H14N2O6/c17-12(8-15-6-5-13(15)18)7-14(19)22-9-10-1-3-11(4-2-10)16(20)21/h1-4H,5-9H2. The Hall–Kier alpha value is -2.77. The summed E-state index contributed by atoms with van der Waals surface area (Å²) >= 11 is 0. The van der Waals surface area contributed by atoms with E-state index in [0.29, 0.717) is 18.5 Å². The Labute approximate surface area is 125 Å². The number of carbonyl (C=O) groups excluding carboxylic acids is 3. The van der Waals surface area contributed by atoms with E-state index in [4.69, 9.17) is 4.74 Å². The second-order valence-corrected chi connectivity index (χ2v) is 4.86. The average molecular weight is 306 g/mol. The quantitative estimate of drug-likeness (QED) is 0.243. The van der Waals surface area contributed by atoms with Gasteiger partial charge in [0, 0.05) is 25.1 Å². The Morgan fingerprint density at radius 1 is 1.27 bits per heavy atom. The van der Waals surface area contributed by atoms with Gasteiger partial charge in [-0.2, -0.15) is 0 Å². The summed E-state index contributed by atoms with van der Waals surface area (Å²) in [5, 5.41) is 10.5. The maximum Gasteiger partial charge on any atom is 0.313 e. The normalized spacial score (nSPS) is 13.5. The highest BCUT2D eigenvalue weighted by Crippen LogP contribution is 2.13. The molecule has 0 unspecified atom stereocenters. The monoisotopic (exact) mass is 306 g/mol. The van der Waals surface area contributed by atoms with Gasteiger partial charge in [-0.3, -0.25) is 24.5 Å². The van der Waals surface area contributed by atoms with Crippen molar-refractivity contribution in [3.8, 4) is 0 Å².